The number of likely N-dealkylation sites (N-methyl/N-ethyl adjacent to an activating group) is 2. The Kier molecular flexibility index (Phi) is 7.57. The maximum absolute atomic E-state index is 13.7. The van der Waals surface area contributed by atoms with Gasteiger partial charge in [-0.15, -0.1) is 0 Å². The maximum atomic E-state index is 13.7. The predicted molar refractivity (Wildman–Crippen MR) is 144 cm³/mol. The normalized spacial score (nSPS) is 21.0. The van der Waals surface area contributed by atoms with Gasteiger partial charge in [-0.3, -0.25) is 9.69 Å². The van der Waals surface area contributed by atoms with Crippen molar-refractivity contribution in [2.24, 2.45) is 0 Å². The Labute approximate surface area is 220 Å². The van der Waals surface area contributed by atoms with Crippen molar-refractivity contribution in [3.8, 4) is 11.5 Å². The summed E-state index contributed by atoms with van der Waals surface area (Å²) in [7, 11) is 3.30. The lowest BCUT2D eigenvalue weighted by molar-refractivity contribution is -0.127. The monoisotopic (exact) mass is 508 g/mol. The number of hydrogen-bond donors (Lipinski definition) is 1. The summed E-state index contributed by atoms with van der Waals surface area (Å²) in [5.41, 5.74) is 5.46. The fourth-order valence-corrected chi connectivity index (χ4v) is 5.86. The molecule has 1 fully saturated rings. The molecule has 1 saturated heterocycles. The Bertz CT molecular complexity index is 1180. The van der Waals surface area contributed by atoms with E-state index in [2.05, 4.69) is 18.3 Å². The molecule has 37 heavy (non-hydrogen) atoms. The number of benzene rings is 1. The van der Waals surface area contributed by atoms with E-state index in [1.807, 2.05) is 60.6 Å². The number of nitrogens with zero attached hydrogens (tertiary/aromatic N) is 3. The first-order chi connectivity index (χ1) is 17.7. The van der Waals surface area contributed by atoms with Crippen LogP contribution in [-0.4, -0.2) is 72.6 Å². The average Bonchev–Trinajstić information content (AvgIpc) is 2.99. The van der Waals surface area contributed by atoms with Crippen LogP contribution in [0.3, 0.4) is 0 Å². The molecule has 8 nitrogen and oxygen atoms in total. The molecule has 1 aromatic carbocycles. The van der Waals surface area contributed by atoms with E-state index in [1.165, 1.54) is 0 Å². The van der Waals surface area contributed by atoms with Crippen molar-refractivity contribution in [3.63, 3.8) is 0 Å². The summed E-state index contributed by atoms with van der Waals surface area (Å²) in [6.07, 6.45) is 5.50. The van der Waals surface area contributed by atoms with Crippen LogP contribution in [0.25, 0.3) is 0 Å². The molecular weight excluding hydrogens is 468 g/mol. The van der Waals surface area contributed by atoms with E-state index in [0.29, 0.717) is 51.3 Å². The molecule has 3 aliphatic rings. The van der Waals surface area contributed by atoms with Gasteiger partial charge in [0, 0.05) is 54.8 Å². The number of allylic oxidation sites excluding steroid dienone is 4. The van der Waals surface area contributed by atoms with Gasteiger partial charge in [-0.2, -0.15) is 0 Å². The van der Waals surface area contributed by atoms with Crippen LogP contribution >= 0.6 is 0 Å². The lowest BCUT2D eigenvalue weighted by Crippen LogP contribution is -2.47. The van der Waals surface area contributed by atoms with Gasteiger partial charge in [0.15, 0.2) is 0 Å². The molecular formula is C29H40N4O4. The zero-order chi connectivity index (χ0) is 26.9. The minimum atomic E-state index is -0.524. The fraction of sp³-hybridized carbons (Fsp3) is 0.517. The largest absolute Gasteiger partial charge is 0.497 e. The first-order valence-electron chi connectivity index (χ1n) is 13.1. The van der Waals surface area contributed by atoms with Crippen molar-refractivity contribution in [2.75, 3.05) is 40.4 Å². The highest BCUT2D eigenvalue weighted by Gasteiger charge is 2.50. The highest BCUT2D eigenvalue weighted by atomic mass is 16.5. The molecule has 1 aromatic rings. The topological polar surface area (TPSA) is 74.4 Å². The third-order valence-electron chi connectivity index (χ3n) is 8.02. The van der Waals surface area contributed by atoms with Gasteiger partial charge in [0.25, 0.3) is 5.91 Å². The number of dihydropyridines is 1. The Hall–Kier alpha value is -3.42. The number of carbonyl (C=O) groups excluding carboxylic acids is 2. The van der Waals surface area contributed by atoms with Crippen LogP contribution in [0.4, 0.5) is 4.79 Å². The molecule has 200 valence electrons. The molecule has 3 heterocycles. The third-order valence-corrected chi connectivity index (χ3v) is 8.02. The number of ether oxygens (including phenoxy) is 2. The van der Waals surface area contributed by atoms with Crippen LogP contribution in [-0.2, 0) is 17.8 Å². The molecule has 3 aliphatic heterocycles. The first kappa shape index (κ1) is 26.6. The highest BCUT2D eigenvalue weighted by molar-refractivity contribution is 5.95. The zero-order valence-corrected chi connectivity index (χ0v) is 23.2. The molecule has 0 spiro atoms. The molecule has 4 rings (SSSR count). The molecule has 0 aliphatic carbocycles. The van der Waals surface area contributed by atoms with E-state index < -0.39 is 5.54 Å². The Morgan fingerprint density at radius 2 is 1.95 bits per heavy atom. The van der Waals surface area contributed by atoms with E-state index in [1.54, 1.807) is 14.2 Å². The van der Waals surface area contributed by atoms with Gasteiger partial charge in [-0.25, -0.2) is 4.79 Å². The van der Waals surface area contributed by atoms with E-state index >= 15 is 0 Å². The van der Waals surface area contributed by atoms with Crippen LogP contribution < -0.4 is 14.8 Å². The number of rotatable bonds is 8. The molecule has 0 radical (unpaired) electrons. The van der Waals surface area contributed by atoms with E-state index in [9.17, 15) is 9.59 Å². The van der Waals surface area contributed by atoms with Gasteiger partial charge in [0.2, 0.25) is 0 Å². The second-order valence-corrected chi connectivity index (χ2v) is 10.1. The number of hydrogen-bond acceptors (Lipinski definition) is 5. The molecule has 0 saturated carbocycles. The van der Waals surface area contributed by atoms with Crippen molar-refractivity contribution < 1.29 is 19.1 Å². The summed E-state index contributed by atoms with van der Waals surface area (Å²) in [5, 5.41) is 3.29. The van der Waals surface area contributed by atoms with E-state index in [-0.39, 0.29) is 11.9 Å². The quantitative estimate of drug-likeness (QED) is 0.569. The number of fused-ring (bicyclic) bond motifs is 2. The summed E-state index contributed by atoms with van der Waals surface area (Å²) in [6.45, 7) is 12.9. The van der Waals surface area contributed by atoms with Crippen LogP contribution in [0, 0.1) is 0 Å². The molecule has 0 bridgehead atoms. The van der Waals surface area contributed by atoms with Crippen LogP contribution in [0.15, 0.2) is 46.8 Å². The van der Waals surface area contributed by atoms with Gasteiger partial charge in [-0.05, 0) is 70.7 Å². The summed E-state index contributed by atoms with van der Waals surface area (Å²) >= 11 is 0. The van der Waals surface area contributed by atoms with Gasteiger partial charge >= 0.3 is 6.03 Å². The highest BCUT2D eigenvalue weighted by Crippen LogP contribution is 2.43. The van der Waals surface area contributed by atoms with Gasteiger partial charge in [0.1, 0.15) is 11.5 Å². The molecule has 3 amide bonds. The first-order valence-corrected chi connectivity index (χ1v) is 13.1. The smallest absolute Gasteiger partial charge is 0.325 e. The minimum Gasteiger partial charge on any atom is -0.497 e. The Morgan fingerprint density at radius 3 is 2.57 bits per heavy atom. The second-order valence-electron chi connectivity index (χ2n) is 10.1. The SMILES string of the molecule is CCN(CCC1(C)C2=CCc3c(cc(OC)cc3OC)CN2C(=O)N1CC)C(=O)C1=C(C)C=C(C)NC1. The van der Waals surface area contributed by atoms with E-state index in [4.69, 9.17) is 9.47 Å². The van der Waals surface area contributed by atoms with Crippen molar-refractivity contribution in [1.82, 2.24) is 20.0 Å². The van der Waals surface area contributed by atoms with Crippen molar-refractivity contribution in [2.45, 2.75) is 59.5 Å². The number of carbonyl (C=O) groups is 2. The molecule has 1 atom stereocenters. The standard InChI is InChI=1S/C29H40N4O4/c1-8-31(27(34)24-17-30-20(4)14-19(24)3)13-12-29(5)26-11-10-23-21(15-22(36-6)16-25(23)37-7)18-32(26)28(35)33(29)9-2/h11,14-16,30H,8-10,12-13,17-18H2,1-7H3. The Balaban J connectivity index is 1.62. The summed E-state index contributed by atoms with van der Waals surface area (Å²) in [5.74, 6) is 1.54. The molecule has 1 unspecified atom stereocenters. The lowest BCUT2D eigenvalue weighted by atomic mass is 9.91. The number of nitrogens with one attached hydrogen (secondary N) is 1. The lowest BCUT2D eigenvalue weighted by Gasteiger charge is -2.36. The summed E-state index contributed by atoms with van der Waals surface area (Å²) in [6, 6.07) is 3.89. The van der Waals surface area contributed by atoms with Crippen LogP contribution in [0.5, 0.6) is 11.5 Å². The van der Waals surface area contributed by atoms with Crippen molar-refractivity contribution in [3.05, 3.63) is 58.0 Å². The summed E-state index contributed by atoms with van der Waals surface area (Å²) < 4.78 is 11.2. The number of amides is 3. The maximum Gasteiger partial charge on any atom is 0.325 e. The van der Waals surface area contributed by atoms with Crippen molar-refractivity contribution in [1.29, 1.82) is 0 Å². The summed E-state index contributed by atoms with van der Waals surface area (Å²) in [4.78, 5) is 32.9. The number of methoxy groups -OCH3 is 2. The number of urea groups is 1. The van der Waals surface area contributed by atoms with Crippen molar-refractivity contribution >= 4 is 11.9 Å². The molecule has 0 aromatic heterocycles. The molecule has 8 heteroatoms. The van der Waals surface area contributed by atoms with Gasteiger partial charge < -0.3 is 24.6 Å². The average molecular weight is 509 g/mol. The zero-order valence-electron chi connectivity index (χ0n) is 23.2. The second kappa shape index (κ2) is 10.5. The third kappa shape index (κ3) is 4.69. The predicted octanol–water partition coefficient (Wildman–Crippen LogP) is 4.22. The van der Waals surface area contributed by atoms with Gasteiger partial charge in [0.05, 0.1) is 26.3 Å². The minimum absolute atomic E-state index is 0.00379. The van der Waals surface area contributed by atoms with E-state index in [0.717, 1.165) is 39.4 Å². The van der Waals surface area contributed by atoms with Crippen LogP contribution in [0.2, 0.25) is 0 Å². The van der Waals surface area contributed by atoms with Crippen LogP contribution in [0.1, 0.15) is 52.2 Å². The Morgan fingerprint density at radius 1 is 1.19 bits per heavy atom. The fourth-order valence-electron chi connectivity index (χ4n) is 5.86. The molecule has 1 N–H and O–H groups in total. The van der Waals surface area contributed by atoms with Gasteiger partial charge in [-0.1, -0.05) is 6.08 Å².